The number of ether oxygens (including phenoxy) is 1. The Labute approximate surface area is 134 Å². The number of aliphatic carboxylic acids is 1. The highest BCUT2D eigenvalue weighted by Crippen LogP contribution is 2.20. The first-order valence-corrected chi connectivity index (χ1v) is 6.93. The van der Waals surface area contributed by atoms with E-state index in [4.69, 9.17) is 15.6 Å². The van der Waals surface area contributed by atoms with Gasteiger partial charge in [-0.15, -0.1) is 0 Å². The van der Waals surface area contributed by atoms with Crippen molar-refractivity contribution in [1.82, 2.24) is 0 Å². The molecule has 23 heavy (non-hydrogen) atoms. The first kappa shape index (κ1) is 18.3. The van der Waals surface area contributed by atoms with Crippen molar-refractivity contribution in [3.05, 3.63) is 24.3 Å². The van der Waals surface area contributed by atoms with E-state index in [2.05, 4.69) is 5.32 Å². The van der Waals surface area contributed by atoms with Crippen LogP contribution in [0.3, 0.4) is 0 Å². The summed E-state index contributed by atoms with van der Waals surface area (Å²) in [5.41, 5.74) is 5.28. The van der Waals surface area contributed by atoms with E-state index < -0.39 is 30.1 Å². The number of nitrogens with zero attached hydrogens (tertiary/aromatic N) is 1. The number of nitrogens with two attached hydrogens (primary N) is 1. The minimum absolute atomic E-state index is 0.0236. The molecule has 0 unspecified atom stereocenters. The van der Waals surface area contributed by atoms with Gasteiger partial charge in [0.2, 0.25) is 5.91 Å². The second-order valence-corrected chi connectivity index (χ2v) is 5.83. The van der Waals surface area contributed by atoms with Crippen molar-refractivity contribution in [3.63, 3.8) is 0 Å². The van der Waals surface area contributed by atoms with Gasteiger partial charge in [-0.2, -0.15) is 0 Å². The molecule has 0 aliphatic carbocycles. The number of carboxylic acids is 1. The SMILES string of the molecule is CC(C)(C)OC(=O)N(CC(=O)O)c1ccc(NCC(N)=O)cc1. The number of carbonyl (C=O) groups excluding carboxylic acids is 2. The molecule has 0 heterocycles. The molecule has 0 saturated carbocycles. The minimum Gasteiger partial charge on any atom is -0.480 e. The molecule has 2 amide bonds. The Hall–Kier alpha value is -2.77. The maximum atomic E-state index is 12.2. The lowest BCUT2D eigenvalue weighted by molar-refractivity contribution is -0.135. The first-order valence-electron chi connectivity index (χ1n) is 6.93. The molecule has 0 aliphatic heterocycles. The van der Waals surface area contributed by atoms with Crippen LogP contribution in [0.5, 0.6) is 0 Å². The average Bonchev–Trinajstić information content (AvgIpc) is 2.41. The van der Waals surface area contributed by atoms with Crippen LogP contribution in [0.2, 0.25) is 0 Å². The highest BCUT2D eigenvalue weighted by molar-refractivity contribution is 5.93. The smallest absolute Gasteiger partial charge is 0.415 e. The summed E-state index contributed by atoms with van der Waals surface area (Å²) < 4.78 is 5.21. The van der Waals surface area contributed by atoms with Crippen LogP contribution in [0.4, 0.5) is 16.2 Å². The highest BCUT2D eigenvalue weighted by Gasteiger charge is 2.25. The third kappa shape index (κ3) is 6.68. The molecule has 0 aliphatic rings. The van der Waals surface area contributed by atoms with Gasteiger partial charge in [0.15, 0.2) is 0 Å². The van der Waals surface area contributed by atoms with Gasteiger partial charge in [-0.1, -0.05) is 0 Å². The topological polar surface area (TPSA) is 122 Å². The Balaban J connectivity index is 2.92. The quantitative estimate of drug-likeness (QED) is 0.727. The van der Waals surface area contributed by atoms with Crippen molar-refractivity contribution < 1.29 is 24.2 Å². The monoisotopic (exact) mass is 323 g/mol. The largest absolute Gasteiger partial charge is 0.480 e. The van der Waals surface area contributed by atoms with Crippen LogP contribution in [-0.4, -0.2) is 41.8 Å². The molecule has 0 aromatic heterocycles. The summed E-state index contributed by atoms with van der Waals surface area (Å²) in [4.78, 5) is 34.9. The summed E-state index contributed by atoms with van der Waals surface area (Å²) in [6.45, 7) is 4.54. The highest BCUT2D eigenvalue weighted by atomic mass is 16.6. The molecule has 8 nitrogen and oxygen atoms in total. The van der Waals surface area contributed by atoms with E-state index in [0.717, 1.165) is 4.90 Å². The number of anilines is 2. The van der Waals surface area contributed by atoms with Gasteiger partial charge in [-0.3, -0.25) is 14.5 Å². The standard InChI is InChI=1S/C15H21N3O5/c1-15(2,3)23-14(22)18(9-13(20)21)11-6-4-10(5-7-11)17-8-12(16)19/h4-7,17H,8-9H2,1-3H3,(H2,16,19)(H,20,21). The second kappa shape index (κ2) is 7.48. The van der Waals surface area contributed by atoms with E-state index in [1.54, 1.807) is 45.0 Å². The Morgan fingerprint density at radius 1 is 1.22 bits per heavy atom. The lowest BCUT2D eigenvalue weighted by Crippen LogP contribution is -2.40. The van der Waals surface area contributed by atoms with Gasteiger partial charge in [-0.25, -0.2) is 4.79 Å². The number of hydrogen-bond acceptors (Lipinski definition) is 5. The van der Waals surface area contributed by atoms with Crippen molar-refractivity contribution >= 4 is 29.3 Å². The molecule has 0 radical (unpaired) electrons. The molecule has 126 valence electrons. The summed E-state index contributed by atoms with van der Waals surface area (Å²) >= 11 is 0. The van der Waals surface area contributed by atoms with Gasteiger partial charge >= 0.3 is 12.1 Å². The van der Waals surface area contributed by atoms with Crippen molar-refractivity contribution in [1.29, 1.82) is 0 Å². The molecule has 1 aromatic carbocycles. The van der Waals surface area contributed by atoms with Crippen molar-refractivity contribution in [2.45, 2.75) is 26.4 Å². The maximum Gasteiger partial charge on any atom is 0.415 e. The third-order valence-electron chi connectivity index (χ3n) is 2.55. The average molecular weight is 323 g/mol. The van der Waals surface area contributed by atoms with E-state index >= 15 is 0 Å². The van der Waals surface area contributed by atoms with Crippen LogP contribution in [0, 0.1) is 0 Å². The molecule has 0 atom stereocenters. The number of rotatable bonds is 6. The van der Waals surface area contributed by atoms with Gasteiger partial charge in [0, 0.05) is 11.4 Å². The number of nitrogens with one attached hydrogen (secondary N) is 1. The van der Waals surface area contributed by atoms with Gasteiger partial charge in [0.1, 0.15) is 12.1 Å². The van der Waals surface area contributed by atoms with Gasteiger partial charge in [-0.05, 0) is 45.0 Å². The normalized spacial score (nSPS) is 10.7. The minimum atomic E-state index is -1.16. The molecular formula is C15H21N3O5. The summed E-state index contributed by atoms with van der Waals surface area (Å²) in [5.74, 6) is -1.66. The fourth-order valence-corrected chi connectivity index (χ4v) is 1.66. The zero-order valence-corrected chi connectivity index (χ0v) is 13.3. The predicted molar refractivity (Wildman–Crippen MR) is 85.3 cm³/mol. The molecule has 4 N–H and O–H groups in total. The lowest BCUT2D eigenvalue weighted by atomic mass is 10.2. The number of primary amides is 1. The Morgan fingerprint density at radius 3 is 2.22 bits per heavy atom. The van der Waals surface area contributed by atoms with Crippen LogP contribution in [-0.2, 0) is 14.3 Å². The molecular weight excluding hydrogens is 302 g/mol. The second-order valence-electron chi connectivity index (χ2n) is 5.83. The zero-order chi connectivity index (χ0) is 17.6. The van der Waals surface area contributed by atoms with Gasteiger partial charge in [0.05, 0.1) is 6.54 Å². The molecule has 0 spiro atoms. The van der Waals surface area contributed by atoms with E-state index in [9.17, 15) is 14.4 Å². The zero-order valence-electron chi connectivity index (χ0n) is 13.3. The van der Waals surface area contributed by atoms with Crippen LogP contribution < -0.4 is 16.0 Å². The first-order chi connectivity index (χ1) is 10.6. The molecule has 1 aromatic rings. The van der Waals surface area contributed by atoms with Crippen LogP contribution in [0.1, 0.15) is 20.8 Å². The Bertz CT molecular complexity index is 578. The Kier molecular flexibility index (Phi) is 5.94. The van der Waals surface area contributed by atoms with E-state index in [-0.39, 0.29) is 6.54 Å². The summed E-state index contributed by atoms with van der Waals surface area (Å²) in [5, 5.41) is 11.8. The van der Waals surface area contributed by atoms with Gasteiger partial charge in [0.25, 0.3) is 0 Å². The molecule has 0 fully saturated rings. The van der Waals surface area contributed by atoms with Crippen molar-refractivity contribution in [3.8, 4) is 0 Å². The number of carbonyl (C=O) groups is 3. The number of benzene rings is 1. The fourth-order valence-electron chi connectivity index (χ4n) is 1.66. The third-order valence-corrected chi connectivity index (χ3v) is 2.55. The van der Waals surface area contributed by atoms with Crippen molar-refractivity contribution in [2.75, 3.05) is 23.3 Å². The van der Waals surface area contributed by atoms with Gasteiger partial charge < -0.3 is 20.9 Å². The lowest BCUT2D eigenvalue weighted by Gasteiger charge is -2.26. The Morgan fingerprint density at radius 2 is 1.78 bits per heavy atom. The molecule has 1 rings (SSSR count). The van der Waals surface area contributed by atoms with E-state index in [1.165, 1.54) is 0 Å². The molecule has 0 bridgehead atoms. The summed E-state index contributed by atoms with van der Waals surface area (Å²) in [7, 11) is 0. The number of hydrogen-bond donors (Lipinski definition) is 3. The number of amides is 2. The fraction of sp³-hybridized carbons (Fsp3) is 0.400. The van der Waals surface area contributed by atoms with Crippen molar-refractivity contribution in [2.24, 2.45) is 5.73 Å². The van der Waals surface area contributed by atoms with Crippen LogP contribution in [0.15, 0.2) is 24.3 Å². The molecule has 8 heteroatoms. The maximum absolute atomic E-state index is 12.2. The van der Waals surface area contributed by atoms with Crippen LogP contribution >= 0.6 is 0 Å². The van der Waals surface area contributed by atoms with Crippen LogP contribution in [0.25, 0.3) is 0 Å². The van der Waals surface area contributed by atoms with E-state index in [1.807, 2.05) is 0 Å². The predicted octanol–water partition coefficient (Wildman–Crippen LogP) is 1.41. The molecule has 0 saturated heterocycles. The van der Waals surface area contributed by atoms with E-state index in [0.29, 0.717) is 11.4 Å². The summed E-state index contributed by atoms with van der Waals surface area (Å²) in [6, 6.07) is 6.32. The number of carboxylic acid groups (broad SMARTS) is 1. The summed E-state index contributed by atoms with van der Waals surface area (Å²) in [6.07, 6.45) is -0.752.